The van der Waals surface area contributed by atoms with E-state index in [1.54, 1.807) is 0 Å². The molecular weight excluding hydrogens is 236 g/mol. The third-order valence-electron chi connectivity index (χ3n) is 4.06. The summed E-state index contributed by atoms with van der Waals surface area (Å²) < 4.78 is 22.7. The molecule has 0 aromatic heterocycles. The molecule has 1 saturated heterocycles. The van der Waals surface area contributed by atoms with Gasteiger partial charge in [0.15, 0.2) is 9.84 Å². The Morgan fingerprint density at radius 2 is 1.94 bits per heavy atom. The van der Waals surface area contributed by atoms with Gasteiger partial charge in [-0.1, -0.05) is 13.3 Å². The smallest absolute Gasteiger partial charge is 0.152 e. The van der Waals surface area contributed by atoms with Gasteiger partial charge in [0.2, 0.25) is 0 Å². The second-order valence-electron chi connectivity index (χ2n) is 5.31. The average molecular weight is 260 g/mol. The second-order valence-corrected chi connectivity index (χ2v) is 7.61. The molecule has 2 unspecified atom stereocenters. The Bertz CT molecular complexity index is 328. The summed E-state index contributed by atoms with van der Waals surface area (Å²) in [6, 6.07) is 0.651. The maximum atomic E-state index is 11.4. The first-order valence-electron chi connectivity index (χ1n) is 6.77. The quantitative estimate of drug-likeness (QED) is 0.799. The van der Waals surface area contributed by atoms with Gasteiger partial charge in [0.25, 0.3) is 0 Å². The maximum absolute atomic E-state index is 11.4. The van der Waals surface area contributed by atoms with Gasteiger partial charge in [0.1, 0.15) is 0 Å². The lowest BCUT2D eigenvalue weighted by Gasteiger charge is -2.31. The van der Waals surface area contributed by atoms with Crippen molar-refractivity contribution in [2.45, 2.75) is 32.2 Å². The topological polar surface area (TPSA) is 49.4 Å². The van der Waals surface area contributed by atoms with Crippen molar-refractivity contribution in [3.05, 3.63) is 0 Å². The molecule has 17 heavy (non-hydrogen) atoms. The number of nitrogens with zero attached hydrogens (tertiary/aromatic N) is 1. The molecule has 2 fully saturated rings. The molecule has 1 aliphatic heterocycles. The molecule has 0 amide bonds. The SMILES string of the molecule is CCNC1CCCC1CN1CCS(=O)(=O)CC1. The predicted octanol–water partition coefficient (Wildman–Crippen LogP) is 0.495. The number of hydrogen-bond acceptors (Lipinski definition) is 4. The normalized spacial score (nSPS) is 33.9. The summed E-state index contributed by atoms with van der Waals surface area (Å²) in [6.45, 7) is 5.74. The maximum Gasteiger partial charge on any atom is 0.152 e. The van der Waals surface area contributed by atoms with Gasteiger partial charge in [-0.25, -0.2) is 8.42 Å². The van der Waals surface area contributed by atoms with Gasteiger partial charge in [-0.2, -0.15) is 0 Å². The Morgan fingerprint density at radius 1 is 1.24 bits per heavy atom. The molecule has 0 spiro atoms. The molecule has 5 heteroatoms. The highest BCUT2D eigenvalue weighted by Gasteiger charge is 2.30. The van der Waals surface area contributed by atoms with Crippen LogP contribution in [0, 0.1) is 5.92 Å². The van der Waals surface area contributed by atoms with Gasteiger partial charge in [-0.05, 0) is 25.3 Å². The second kappa shape index (κ2) is 5.67. The van der Waals surface area contributed by atoms with E-state index in [9.17, 15) is 8.42 Å². The fraction of sp³-hybridized carbons (Fsp3) is 1.00. The number of rotatable bonds is 4. The number of hydrogen-bond donors (Lipinski definition) is 1. The van der Waals surface area contributed by atoms with Crippen molar-refractivity contribution in [2.24, 2.45) is 5.92 Å². The van der Waals surface area contributed by atoms with Gasteiger partial charge in [-0.15, -0.1) is 0 Å². The molecule has 1 heterocycles. The molecule has 0 aromatic rings. The van der Waals surface area contributed by atoms with Crippen molar-refractivity contribution in [2.75, 3.05) is 37.7 Å². The Morgan fingerprint density at radius 3 is 2.59 bits per heavy atom. The summed E-state index contributed by atoms with van der Waals surface area (Å²) in [5, 5.41) is 3.56. The summed E-state index contributed by atoms with van der Waals surface area (Å²) in [7, 11) is -2.73. The van der Waals surface area contributed by atoms with E-state index in [2.05, 4.69) is 17.1 Å². The lowest BCUT2D eigenvalue weighted by molar-refractivity contribution is 0.228. The van der Waals surface area contributed by atoms with Crippen LogP contribution in [0.1, 0.15) is 26.2 Å². The van der Waals surface area contributed by atoms with Crippen LogP contribution in [0.15, 0.2) is 0 Å². The van der Waals surface area contributed by atoms with Gasteiger partial charge in [-0.3, -0.25) is 0 Å². The largest absolute Gasteiger partial charge is 0.314 e. The summed E-state index contributed by atoms with van der Waals surface area (Å²) in [6.07, 6.45) is 3.89. The van der Waals surface area contributed by atoms with E-state index in [4.69, 9.17) is 0 Å². The van der Waals surface area contributed by atoms with Crippen LogP contribution in [-0.2, 0) is 9.84 Å². The lowest BCUT2D eigenvalue weighted by Crippen LogP contribution is -2.45. The predicted molar refractivity (Wildman–Crippen MR) is 69.9 cm³/mol. The molecule has 2 atom stereocenters. The van der Waals surface area contributed by atoms with Crippen molar-refractivity contribution in [1.29, 1.82) is 0 Å². The van der Waals surface area contributed by atoms with Crippen LogP contribution < -0.4 is 5.32 Å². The molecule has 100 valence electrons. The minimum absolute atomic E-state index is 0.353. The van der Waals surface area contributed by atoms with Crippen LogP contribution in [0.2, 0.25) is 0 Å². The molecule has 4 nitrogen and oxygen atoms in total. The van der Waals surface area contributed by atoms with E-state index >= 15 is 0 Å². The van der Waals surface area contributed by atoms with Crippen LogP contribution >= 0.6 is 0 Å². The molecule has 0 bridgehead atoms. The first kappa shape index (κ1) is 13.3. The zero-order valence-corrected chi connectivity index (χ0v) is 11.5. The number of sulfone groups is 1. The minimum Gasteiger partial charge on any atom is -0.314 e. The van der Waals surface area contributed by atoms with E-state index in [1.807, 2.05) is 0 Å². The van der Waals surface area contributed by atoms with Gasteiger partial charge in [0, 0.05) is 25.7 Å². The molecule has 2 aliphatic rings. The van der Waals surface area contributed by atoms with Crippen LogP contribution in [0.3, 0.4) is 0 Å². The zero-order chi connectivity index (χ0) is 12.3. The Hall–Kier alpha value is -0.130. The van der Waals surface area contributed by atoms with E-state index < -0.39 is 9.84 Å². The molecular formula is C12H24N2O2S. The Labute approximate surface area is 105 Å². The van der Waals surface area contributed by atoms with Gasteiger partial charge >= 0.3 is 0 Å². The third kappa shape index (κ3) is 3.66. The molecule has 1 N–H and O–H groups in total. The highest BCUT2D eigenvalue weighted by Crippen LogP contribution is 2.26. The van der Waals surface area contributed by atoms with Crippen LogP contribution in [0.5, 0.6) is 0 Å². The lowest BCUT2D eigenvalue weighted by atomic mass is 10.0. The molecule has 1 aliphatic carbocycles. The average Bonchev–Trinajstić information content (AvgIpc) is 2.70. The first-order valence-corrected chi connectivity index (χ1v) is 8.59. The fourth-order valence-electron chi connectivity index (χ4n) is 3.05. The molecule has 2 rings (SSSR count). The van der Waals surface area contributed by atoms with E-state index in [-0.39, 0.29) is 0 Å². The summed E-state index contributed by atoms with van der Waals surface area (Å²) in [4.78, 5) is 2.33. The van der Waals surface area contributed by atoms with Crippen molar-refractivity contribution in [3.63, 3.8) is 0 Å². The standard InChI is InChI=1S/C12H24N2O2S/c1-2-13-12-5-3-4-11(12)10-14-6-8-17(15,16)9-7-14/h11-13H,2-10H2,1H3. The van der Waals surface area contributed by atoms with Gasteiger partial charge in [0.05, 0.1) is 11.5 Å². The Balaban J connectivity index is 1.81. The molecule has 1 saturated carbocycles. The van der Waals surface area contributed by atoms with Crippen molar-refractivity contribution in [3.8, 4) is 0 Å². The van der Waals surface area contributed by atoms with Gasteiger partial charge < -0.3 is 10.2 Å². The minimum atomic E-state index is -2.73. The zero-order valence-electron chi connectivity index (χ0n) is 10.7. The first-order chi connectivity index (χ1) is 8.11. The summed E-state index contributed by atoms with van der Waals surface area (Å²) >= 11 is 0. The van der Waals surface area contributed by atoms with E-state index in [0.717, 1.165) is 32.1 Å². The van der Waals surface area contributed by atoms with Crippen molar-refractivity contribution >= 4 is 9.84 Å². The Kier molecular flexibility index (Phi) is 4.44. The molecule has 0 aromatic carbocycles. The van der Waals surface area contributed by atoms with Crippen LogP contribution in [0.25, 0.3) is 0 Å². The van der Waals surface area contributed by atoms with E-state index in [0.29, 0.717) is 17.5 Å². The third-order valence-corrected chi connectivity index (χ3v) is 5.66. The van der Waals surface area contributed by atoms with Crippen LogP contribution in [0.4, 0.5) is 0 Å². The monoisotopic (exact) mass is 260 g/mol. The molecule has 0 radical (unpaired) electrons. The van der Waals surface area contributed by atoms with Crippen LogP contribution in [-0.4, -0.2) is 57.0 Å². The highest BCUT2D eigenvalue weighted by molar-refractivity contribution is 7.91. The van der Waals surface area contributed by atoms with E-state index in [1.165, 1.54) is 19.3 Å². The highest BCUT2D eigenvalue weighted by atomic mass is 32.2. The summed E-state index contributed by atoms with van der Waals surface area (Å²) in [5.74, 6) is 1.42. The summed E-state index contributed by atoms with van der Waals surface area (Å²) in [5.41, 5.74) is 0. The van der Waals surface area contributed by atoms with Crippen molar-refractivity contribution < 1.29 is 8.42 Å². The van der Waals surface area contributed by atoms with Crippen molar-refractivity contribution in [1.82, 2.24) is 10.2 Å². The number of nitrogens with one attached hydrogen (secondary N) is 1. The fourth-order valence-corrected chi connectivity index (χ4v) is 4.33.